The molecule has 1 fully saturated rings. The summed E-state index contributed by atoms with van der Waals surface area (Å²) in [4.78, 5) is 29.0. The molecule has 9 nitrogen and oxygen atoms in total. The SMILES string of the molecule is Cn1nnc(NC(=O)N2CCN(C(=O)c3ccsc3)CC2)n1. The molecule has 3 heterocycles. The molecule has 2 aromatic rings. The summed E-state index contributed by atoms with van der Waals surface area (Å²) in [6.45, 7) is 1.97. The standard InChI is InChI=1S/C12H15N7O2S/c1-17-15-11(14-16-17)13-12(21)19-5-3-18(4-6-19)10(20)9-2-7-22-8-9/h2,7-8H,3-6H2,1H3,(H,13,15,21). The van der Waals surface area contributed by atoms with Crippen molar-refractivity contribution in [3.05, 3.63) is 22.4 Å². The summed E-state index contributed by atoms with van der Waals surface area (Å²) in [6, 6.07) is 1.53. The highest BCUT2D eigenvalue weighted by Crippen LogP contribution is 2.12. The van der Waals surface area contributed by atoms with Crippen molar-refractivity contribution in [2.24, 2.45) is 7.05 Å². The average molecular weight is 321 g/mol. The Bertz CT molecular complexity index is 661. The van der Waals surface area contributed by atoms with Gasteiger partial charge in [-0.15, -0.1) is 5.10 Å². The molecule has 1 aliphatic heterocycles. The second-order valence-electron chi connectivity index (χ2n) is 4.82. The highest BCUT2D eigenvalue weighted by molar-refractivity contribution is 7.08. The molecular formula is C12H15N7O2S. The van der Waals surface area contributed by atoms with Crippen molar-refractivity contribution in [3.8, 4) is 0 Å². The van der Waals surface area contributed by atoms with Gasteiger partial charge in [0.1, 0.15) is 0 Å². The predicted octanol–water partition coefficient (Wildman–Crippen LogP) is 0.261. The minimum atomic E-state index is -0.282. The summed E-state index contributed by atoms with van der Waals surface area (Å²) in [5.41, 5.74) is 0.701. The van der Waals surface area contributed by atoms with Gasteiger partial charge < -0.3 is 9.80 Å². The first-order valence-electron chi connectivity index (χ1n) is 6.75. The molecule has 22 heavy (non-hydrogen) atoms. The number of aryl methyl sites for hydroxylation is 1. The number of hydrogen-bond acceptors (Lipinski definition) is 6. The summed E-state index contributed by atoms with van der Waals surface area (Å²) >= 11 is 1.50. The molecule has 116 valence electrons. The molecule has 2 aromatic heterocycles. The third kappa shape index (κ3) is 3.06. The van der Waals surface area contributed by atoms with Crippen molar-refractivity contribution < 1.29 is 9.59 Å². The average Bonchev–Trinajstić information content (AvgIpc) is 3.18. The molecule has 0 atom stereocenters. The highest BCUT2D eigenvalue weighted by atomic mass is 32.1. The van der Waals surface area contributed by atoms with Crippen LogP contribution in [0.4, 0.5) is 10.7 Å². The Morgan fingerprint density at radius 1 is 1.23 bits per heavy atom. The Labute approximate surface area is 130 Å². The van der Waals surface area contributed by atoms with Crippen molar-refractivity contribution in [2.75, 3.05) is 31.5 Å². The lowest BCUT2D eigenvalue weighted by Gasteiger charge is -2.34. The van der Waals surface area contributed by atoms with Crippen LogP contribution in [0.15, 0.2) is 16.8 Å². The molecule has 10 heteroatoms. The number of amides is 3. The lowest BCUT2D eigenvalue weighted by atomic mass is 10.2. The van der Waals surface area contributed by atoms with E-state index >= 15 is 0 Å². The molecule has 0 unspecified atom stereocenters. The van der Waals surface area contributed by atoms with E-state index in [1.54, 1.807) is 16.8 Å². The van der Waals surface area contributed by atoms with Crippen molar-refractivity contribution in [1.29, 1.82) is 0 Å². The van der Waals surface area contributed by atoms with Crippen LogP contribution >= 0.6 is 11.3 Å². The van der Waals surface area contributed by atoms with E-state index < -0.39 is 0 Å². The molecule has 0 bridgehead atoms. The van der Waals surface area contributed by atoms with Crippen LogP contribution in [0, 0.1) is 0 Å². The van der Waals surface area contributed by atoms with Gasteiger partial charge in [0, 0.05) is 31.6 Å². The van der Waals surface area contributed by atoms with E-state index in [0.29, 0.717) is 31.7 Å². The van der Waals surface area contributed by atoms with E-state index in [1.165, 1.54) is 16.1 Å². The Kier molecular flexibility index (Phi) is 4.00. The number of thiophene rings is 1. The summed E-state index contributed by atoms with van der Waals surface area (Å²) in [5.74, 6) is 0.182. The maximum absolute atomic E-state index is 12.2. The number of carbonyl (C=O) groups is 2. The third-order valence-corrected chi connectivity index (χ3v) is 4.03. The molecule has 0 spiro atoms. The number of nitrogens with zero attached hydrogens (tertiary/aromatic N) is 6. The van der Waals surface area contributed by atoms with E-state index in [2.05, 4.69) is 20.7 Å². The fraction of sp³-hybridized carbons (Fsp3) is 0.417. The zero-order valence-corrected chi connectivity index (χ0v) is 12.8. The molecular weight excluding hydrogens is 306 g/mol. The molecule has 3 amide bonds. The molecule has 1 aliphatic rings. The lowest BCUT2D eigenvalue weighted by Crippen LogP contribution is -2.51. The maximum atomic E-state index is 12.2. The van der Waals surface area contributed by atoms with Crippen LogP contribution in [-0.4, -0.2) is 68.1 Å². The van der Waals surface area contributed by atoms with Gasteiger partial charge in [-0.1, -0.05) is 5.10 Å². The Morgan fingerprint density at radius 2 is 1.95 bits per heavy atom. The second-order valence-corrected chi connectivity index (χ2v) is 5.60. The zero-order chi connectivity index (χ0) is 15.5. The first-order chi connectivity index (χ1) is 10.6. The van der Waals surface area contributed by atoms with Crippen LogP contribution < -0.4 is 5.32 Å². The van der Waals surface area contributed by atoms with Gasteiger partial charge in [-0.2, -0.15) is 16.1 Å². The first-order valence-corrected chi connectivity index (χ1v) is 7.69. The smallest absolute Gasteiger partial charge is 0.324 e. The third-order valence-electron chi connectivity index (χ3n) is 3.35. The number of nitrogens with one attached hydrogen (secondary N) is 1. The van der Waals surface area contributed by atoms with Gasteiger partial charge in [0.25, 0.3) is 11.9 Å². The van der Waals surface area contributed by atoms with Crippen molar-refractivity contribution in [3.63, 3.8) is 0 Å². The number of piperazine rings is 1. The van der Waals surface area contributed by atoms with E-state index in [4.69, 9.17) is 0 Å². The number of rotatable bonds is 2. The molecule has 0 aromatic carbocycles. The summed E-state index contributed by atoms with van der Waals surface area (Å²) < 4.78 is 0. The summed E-state index contributed by atoms with van der Waals surface area (Å²) in [6.07, 6.45) is 0. The number of carbonyl (C=O) groups excluding carboxylic acids is 2. The normalized spacial score (nSPS) is 15.0. The Balaban J connectivity index is 1.53. The van der Waals surface area contributed by atoms with Crippen molar-refractivity contribution >= 4 is 29.2 Å². The lowest BCUT2D eigenvalue weighted by molar-refractivity contribution is 0.0672. The monoisotopic (exact) mass is 321 g/mol. The van der Waals surface area contributed by atoms with E-state index in [9.17, 15) is 9.59 Å². The van der Waals surface area contributed by atoms with Crippen molar-refractivity contribution in [2.45, 2.75) is 0 Å². The van der Waals surface area contributed by atoms with E-state index in [-0.39, 0.29) is 17.9 Å². The van der Waals surface area contributed by atoms with Gasteiger partial charge in [-0.3, -0.25) is 10.1 Å². The highest BCUT2D eigenvalue weighted by Gasteiger charge is 2.25. The maximum Gasteiger partial charge on any atom is 0.324 e. The first kappa shape index (κ1) is 14.4. The van der Waals surface area contributed by atoms with Gasteiger partial charge in [0.15, 0.2) is 0 Å². The number of hydrogen-bond donors (Lipinski definition) is 1. The topological polar surface area (TPSA) is 96.3 Å². The predicted molar refractivity (Wildman–Crippen MR) is 79.6 cm³/mol. The minimum absolute atomic E-state index is 0.0110. The minimum Gasteiger partial charge on any atom is -0.335 e. The van der Waals surface area contributed by atoms with Crippen LogP contribution in [-0.2, 0) is 7.05 Å². The quantitative estimate of drug-likeness (QED) is 0.856. The molecule has 1 saturated heterocycles. The van der Waals surface area contributed by atoms with Crippen LogP contribution in [0.1, 0.15) is 10.4 Å². The van der Waals surface area contributed by atoms with Gasteiger partial charge in [0.2, 0.25) is 0 Å². The van der Waals surface area contributed by atoms with Crippen LogP contribution in [0.25, 0.3) is 0 Å². The molecule has 3 rings (SSSR count). The van der Waals surface area contributed by atoms with Gasteiger partial charge in [-0.05, 0) is 16.7 Å². The van der Waals surface area contributed by atoms with Gasteiger partial charge >= 0.3 is 6.03 Å². The summed E-state index contributed by atoms with van der Waals surface area (Å²) in [7, 11) is 1.62. The second kappa shape index (κ2) is 6.10. The van der Waals surface area contributed by atoms with Crippen LogP contribution in [0.5, 0.6) is 0 Å². The van der Waals surface area contributed by atoms with E-state index in [0.717, 1.165) is 0 Å². The Hall–Kier alpha value is -2.49. The fourth-order valence-corrected chi connectivity index (χ4v) is 2.82. The van der Waals surface area contributed by atoms with E-state index in [1.807, 2.05) is 16.8 Å². The van der Waals surface area contributed by atoms with Crippen LogP contribution in [0.3, 0.4) is 0 Å². The molecule has 0 saturated carbocycles. The zero-order valence-electron chi connectivity index (χ0n) is 12.0. The Morgan fingerprint density at radius 3 is 2.55 bits per heavy atom. The van der Waals surface area contributed by atoms with Crippen molar-refractivity contribution in [1.82, 2.24) is 30.0 Å². The molecule has 1 N–H and O–H groups in total. The van der Waals surface area contributed by atoms with Gasteiger partial charge in [0.05, 0.1) is 12.6 Å². The number of anilines is 1. The number of aromatic nitrogens is 4. The largest absolute Gasteiger partial charge is 0.335 e. The van der Waals surface area contributed by atoms with Crippen LogP contribution in [0.2, 0.25) is 0 Å². The molecule has 0 radical (unpaired) electrons. The number of urea groups is 1. The summed E-state index contributed by atoms with van der Waals surface area (Å²) in [5, 5.41) is 17.5. The molecule has 0 aliphatic carbocycles. The van der Waals surface area contributed by atoms with Gasteiger partial charge in [-0.25, -0.2) is 4.79 Å². The number of tetrazole rings is 1. The fourth-order valence-electron chi connectivity index (χ4n) is 2.19.